The van der Waals surface area contributed by atoms with E-state index in [4.69, 9.17) is 0 Å². The second-order valence-corrected chi connectivity index (χ2v) is 7.86. The molecule has 1 N–H and O–H groups in total. The zero-order valence-electron chi connectivity index (χ0n) is 12.9. The van der Waals surface area contributed by atoms with Gasteiger partial charge in [-0.15, -0.1) is 11.3 Å². The summed E-state index contributed by atoms with van der Waals surface area (Å²) in [4.78, 5) is 4.07. The number of benzene rings is 2. The standard InChI is InChI=1S/C17H15FN2O2S2/c1-12-7-8-15(18)16(9-12)24(21,22)19-10-14-11-23-17(20-14)13-5-3-2-4-6-13/h2-9,11,19H,10H2,1H3. The van der Waals surface area contributed by atoms with E-state index < -0.39 is 15.8 Å². The molecule has 1 heterocycles. The van der Waals surface area contributed by atoms with Crippen LogP contribution in [0.5, 0.6) is 0 Å². The lowest BCUT2D eigenvalue weighted by Crippen LogP contribution is -2.24. The van der Waals surface area contributed by atoms with E-state index >= 15 is 0 Å². The number of hydrogen-bond donors (Lipinski definition) is 1. The van der Waals surface area contributed by atoms with Crippen LogP contribution in [0.15, 0.2) is 58.8 Å². The van der Waals surface area contributed by atoms with E-state index in [-0.39, 0.29) is 11.4 Å². The van der Waals surface area contributed by atoms with Crippen molar-refractivity contribution in [3.05, 3.63) is 71.0 Å². The van der Waals surface area contributed by atoms with Crippen LogP contribution in [0.4, 0.5) is 4.39 Å². The van der Waals surface area contributed by atoms with Gasteiger partial charge in [-0.25, -0.2) is 22.5 Å². The summed E-state index contributed by atoms with van der Waals surface area (Å²) in [7, 11) is -3.93. The molecule has 0 fully saturated rings. The van der Waals surface area contributed by atoms with Crippen molar-refractivity contribution >= 4 is 21.4 Å². The molecule has 0 bridgehead atoms. The average molecular weight is 362 g/mol. The number of nitrogens with one attached hydrogen (secondary N) is 1. The second kappa shape index (κ2) is 6.80. The van der Waals surface area contributed by atoms with Gasteiger partial charge in [-0.05, 0) is 24.6 Å². The van der Waals surface area contributed by atoms with Crippen molar-refractivity contribution in [3.63, 3.8) is 0 Å². The zero-order chi connectivity index (χ0) is 17.2. The number of aryl methyl sites for hydroxylation is 1. The van der Waals surface area contributed by atoms with Crippen LogP contribution in [0, 0.1) is 12.7 Å². The Kier molecular flexibility index (Phi) is 4.75. The lowest BCUT2D eigenvalue weighted by Gasteiger charge is -2.07. The minimum atomic E-state index is -3.93. The molecule has 0 aliphatic rings. The van der Waals surface area contributed by atoms with Gasteiger partial charge in [0.25, 0.3) is 0 Å². The van der Waals surface area contributed by atoms with Crippen LogP contribution in [-0.4, -0.2) is 13.4 Å². The lowest BCUT2D eigenvalue weighted by atomic mass is 10.2. The van der Waals surface area contributed by atoms with E-state index in [1.807, 2.05) is 30.3 Å². The van der Waals surface area contributed by atoms with E-state index in [1.165, 1.54) is 23.5 Å². The van der Waals surface area contributed by atoms with Crippen molar-refractivity contribution < 1.29 is 12.8 Å². The first-order valence-corrected chi connectivity index (χ1v) is 9.57. The van der Waals surface area contributed by atoms with Gasteiger partial charge in [0.05, 0.1) is 12.2 Å². The molecular formula is C17H15FN2O2S2. The highest BCUT2D eigenvalue weighted by molar-refractivity contribution is 7.89. The summed E-state index contributed by atoms with van der Waals surface area (Å²) in [5, 5.41) is 2.60. The van der Waals surface area contributed by atoms with E-state index in [1.54, 1.807) is 12.3 Å². The molecular weight excluding hydrogens is 347 g/mol. The van der Waals surface area contributed by atoms with Crippen molar-refractivity contribution in [2.75, 3.05) is 0 Å². The van der Waals surface area contributed by atoms with Gasteiger partial charge in [0, 0.05) is 10.9 Å². The maximum absolute atomic E-state index is 13.8. The maximum atomic E-state index is 13.8. The van der Waals surface area contributed by atoms with Crippen molar-refractivity contribution in [1.82, 2.24) is 9.71 Å². The Bertz CT molecular complexity index is 954. The Balaban J connectivity index is 1.76. The number of rotatable bonds is 5. The summed E-state index contributed by atoms with van der Waals surface area (Å²) >= 11 is 1.43. The Labute approximate surface area is 144 Å². The van der Waals surface area contributed by atoms with Crippen LogP contribution in [0.2, 0.25) is 0 Å². The van der Waals surface area contributed by atoms with Crippen LogP contribution < -0.4 is 4.72 Å². The van der Waals surface area contributed by atoms with E-state index in [2.05, 4.69) is 9.71 Å². The summed E-state index contributed by atoms with van der Waals surface area (Å²) < 4.78 is 40.7. The van der Waals surface area contributed by atoms with Crippen LogP contribution in [0.1, 0.15) is 11.3 Å². The molecule has 1 aromatic heterocycles. The first-order valence-electron chi connectivity index (χ1n) is 7.21. The molecule has 7 heteroatoms. The molecule has 0 radical (unpaired) electrons. The van der Waals surface area contributed by atoms with Crippen molar-refractivity contribution in [1.29, 1.82) is 0 Å². The van der Waals surface area contributed by atoms with Crippen LogP contribution >= 0.6 is 11.3 Å². The summed E-state index contributed by atoms with van der Waals surface area (Å²) in [5.41, 5.74) is 2.24. The summed E-state index contributed by atoms with van der Waals surface area (Å²) in [6.45, 7) is 1.73. The Morgan fingerprint density at radius 2 is 1.92 bits per heavy atom. The molecule has 124 valence electrons. The van der Waals surface area contributed by atoms with Gasteiger partial charge in [-0.3, -0.25) is 0 Å². The van der Waals surface area contributed by atoms with E-state index in [9.17, 15) is 12.8 Å². The zero-order valence-corrected chi connectivity index (χ0v) is 14.5. The normalized spacial score (nSPS) is 11.6. The molecule has 3 rings (SSSR count). The summed E-state index contributed by atoms with van der Waals surface area (Å²) in [6.07, 6.45) is 0. The molecule has 24 heavy (non-hydrogen) atoms. The Hall–Kier alpha value is -2.09. The van der Waals surface area contributed by atoms with Gasteiger partial charge in [0.1, 0.15) is 15.7 Å². The molecule has 0 aliphatic heterocycles. The van der Waals surface area contributed by atoms with Crippen LogP contribution in [0.3, 0.4) is 0 Å². The predicted octanol–water partition coefficient (Wildman–Crippen LogP) is 3.74. The van der Waals surface area contributed by atoms with Gasteiger partial charge < -0.3 is 0 Å². The fourth-order valence-electron chi connectivity index (χ4n) is 2.16. The van der Waals surface area contributed by atoms with Crippen LogP contribution in [-0.2, 0) is 16.6 Å². The number of hydrogen-bond acceptors (Lipinski definition) is 4. The van der Waals surface area contributed by atoms with Crippen molar-refractivity contribution in [3.8, 4) is 10.6 Å². The monoisotopic (exact) mass is 362 g/mol. The second-order valence-electron chi connectivity index (χ2n) is 5.27. The van der Waals surface area contributed by atoms with Gasteiger partial charge in [-0.2, -0.15) is 0 Å². The SMILES string of the molecule is Cc1ccc(F)c(S(=O)(=O)NCc2csc(-c3ccccc3)n2)c1. The molecule has 0 spiro atoms. The minimum Gasteiger partial charge on any atom is -0.240 e. The van der Waals surface area contributed by atoms with E-state index in [0.717, 1.165) is 16.6 Å². The Morgan fingerprint density at radius 1 is 1.17 bits per heavy atom. The number of thiazole rings is 1. The highest BCUT2D eigenvalue weighted by Gasteiger charge is 2.19. The first kappa shape index (κ1) is 16.8. The topological polar surface area (TPSA) is 59.1 Å². The molecule has 3 aromatic rings. The van der Waals surface area contributed by atoms with Gasteiger partial charge in [0.15, 0.2) is 0 Å². The quantitative estimate of drug-likeness (QED) is 0.752. The number of aromatic nitrogens is 1. The predicted molar refractivity (Wildman–Crippen MR) is 92.7 cm³/mol. The summed E-state index contributed by atoms with van der Waals surface area (Å²) in [6, 6.07) is 13.6. The minimum absolute atomic E-state index is 0.0129. The fraction of sp³-hybridized carbons (Fsp3) is 0.118. The average Bonchev–Trinajstić information content (AvgIpc) is 3.05. The fourth-order valence-corrected chi connectivity index (χ4v) is 4.15. The number of sulfonamides is 1. The van der Waals surface area contributed by atoms with Gasteiger partial charge in [0.2, 0.25) is 10.0 Å². The molecule has 0 saturated carbocycles. The third-order valence-electron chi connectivity index (χ3n) is 3.39. The van der Waals surface area contributed by atoms with Crippen molar-refractivity contribution in [2.45, 2.75) is 18.4 Å². The largest absolute Gasteiger partial charge is 0.243 e. The molecule has 0 aliphatic carbocycles. The molecule has 0 amide bonds. The van der Waals surface area contributed by atoms with E-state index in [0.29, 0.717) is 11.3 Å². The molecule has 2 aromatic carbocycles. The molecule has 0 atom stereocenters. The maximum Gasteiger partial charge on any atom is 0.243 e. The third kappa shape index (κ3) is 3.69. The third-order valence-corrected chi connectivity index (χ3v) is 5.75. The number of halogens is 1. The molecule has 0 saturated heterocycles. The van der Waals surface area contributed by atoms with Crippen molar-refractivity contribution in [2.24, 2.45) is 0 Å². The van der Waals surface area contributed by atoms with Gasteiger partial charge >= 0.3 is 0 Å². The first-order chi connectivity index (χ1) is 11.5. The Morgan fingerprint density at radius 3 is 2.67 bits per heavy atom. The molecule has 4 nitrogen and oxygen atoms in total. The number of nitrogens with zero attached hydrogens (tertiary/aromatic N) is 1. The molecule has 0 unspecified atom stereocenters. The highest BCUT2D eigenvalue weighted by atomic mass is 32.2. The van der Waals surface area contributed by atoms with Gasteiger partial charge in [-0.1, -0.05) is 36.4 Å². The summed E-state index contributed by atoms with van der Waals surface area (Å²) in [5.74, 6) is -0.767. The highest BCUT2D eigenvalue weighted by Crippen LogP contribution is 2.23. The van der Waals surface area contributed by atoms with Crippen LogP contribution in [0.25, 0.3) is 10.6 Å². The smallest absolute Gasteiger partial charge is 0.240 e. The lowest BCUT2D eigenvalue weighted by molar-refractivity contribution is 0.556.